The molecule has 0 radical (unpaired) electrons. The van der Waals surface area contributed by atoms with E-state index in [4.69, 9.17) is 4.74 Å². The van der Waals surface area contributed by atoms with Crippen molar-refractivity contribution in [1.29, 1.82) is 0 Å². The van der Waals surface area contributed by atoms with E-state index in [1.54, 1.807) is 47.8 Å². The first-order chi connectivity index (χ1) is 12.2. The second-order valence-electron chi connectivity index (χ2n) is 5.06. The monoisotopic (exact) mass is 353 g/mol. The number of hydrogen-bond donors (Lipinski definition) is 2. The van der Waals surface area contributed by atoms with Gasteiger partial charge in [-0.15, -0.1) is 0 Å². The minimum absolute atomic E-state index is 0.257. The van der Waals surface area contributed by atoms with Gasteiger partial charge in [-0.1, -0.05) is 12.1 Å². The lowest BCUT2D eigenvalue weighted by Crippen LogP contribution is -2.18. The summed E-state index contributed by atoms with van der Waals surface area (Å²) in [7, 11) is 1.52. The van der Waals surface area contributed by atoms with Crippen molar-refractivity contribution < 1.29 is 14.3 Å². The van der Waals surface area contributed by atoms with Crippen molar-refractivity contribution in [1.82, 2.24) is 4.98 Å². The fourth-order valence-corrected chi connectivity index (χ4v) is 2.79. The van der Waals surface area contributed by atoms with Gasteiger partial charge >= 0.3 is 0 Å². The molecule has 0 spiro atoms. The predicted molar refractivity (Wildman–Crippen MR) is 97.5 cm³/mol. The number of methoxy groups -OCH3 is 1. The van der Waals surface area contributed by atoms with Gasteiger partial charge in [0.2, 0.25) is 5.88 Å². The zero-order chi connectivity index (χ0) is 17.6. The van der Waals surface area contributed by atoms with E-state index in [-0.39, 0.29) is 11.8 Å². The normalized spacial score (nSPS) is 10.1. The Morgan fingerprint density at radius 2 is 1.88 bits per heavy atom. The molecule has 6 nitrogen and oxygen atoms in total. The minimum Gasteiger partial charge on any atom is -0.481 e. The molecule has 3 rings (SSSR count). The SMILES string of the molecule is COc1ccc(NC(=O)c2ccccc2NC(=O)c2ccsc2)cn1. The number of pyridine rings is 1. The molecular formula is C18H15N3O3S. The van der Waals surface area contributed by atoms with E-state index >= 15 is 0 Å². The van der Waals surface area contributed by atoms with E-state index < -0.39 is 0 Å². The van der Waals surface area contributed by atoms with Gasteiger partial charge in [-0.05, 0) is 29.6 Å². The third kappa shape index (κ3) is 4.02. The van der Waals surface area contributed by atoms with E-state index in [1.807, 2.05) is 5.38 Å². The van der Waals surface area contributed by atoms with E-state index in [9.17, 15) is 9.59 Å². The van der Waals surface area contributed by atoms with Gasteiger partial charge in [-0.2, -0.15) is 11.3 Å². The van der Waals surface area contributed by atoms with Gasteiger partial charge in [0.05, 0.1) is 35.8 Å². The van der Waals surface area contributed by atoms with Crippen molar-refractivity contribution >= 4 is 34.5 Å². The maximum absolute atomic E-state index is 12.5. The standard InChI is InChI=1S/C18H15N3O3S/c1-24-16-7-6-13(10-19-16)20-18(23)14-4-2-3-5-15(14)21-17(22)12-8-9-25-11-12/h2-11H,1H3,(H,20,23)(H,21,22). The van der Waals surface area contributed by atoms with Crippen LogP contribution in [0.3, 0.4) is 0 Å². The Kier molecular flexibility index (Phi) is 5.06. The van der Waals surface area contributed by atoms with Crippen LogP contribution in [-0.2, 0) is 0 Å². The van der Waals surface area contributed by atoms with Crippen LogP contribution >= 0.6 is 11.3 Å². The highest BCUT2D eigenvalue weighted by Gasteiger charge is 2.14. The van der Waals surface area contributed by atoms with Crippen molar-refractivity contribution in [2.75, 3.05) is 17.7 Å². The third-order valence-electron chi connectivity index (χ3n) is 3.41. The number of ether oxygens (including phenoxy) is 1. The minimum atomic E-state index is -0.340. The molecule has 7 heteroatoms. The van der Waals surface area contributed by atoms with Gasteiger partial charge in [-0.3, -0.25) is 9.59 Å². The molecule has 0 aliphatic heterocycles. The van der Waals surface area contributed by atoms with Gasteiger partial charge in [0.25, 0.3) is 11.8 Å². The maximum Gasteiger partial charge on any atom is 0.257 e. The van der Waals surface area contributed by atoms with Crippen LogP contribution in [0, 0.1) is 0 Å². The summed E-state index contributed by atoms with van der Waals surface area (Å²) in [6.45, 7) is 0. The number of benzene rings is 1. The van der Waals surface area contributed by atoms with Crippen LogP contribution in [-0.4, -0.2) is 23.9 Å². The van der Waals surface area contributed by atoms with Crippen LogP contribution < -0.4 is 15.4 Å². The van der Waals surface area contributed by atoms with Crippen LogP contribution in [0.25, 0.3) is 0 Å². The van der Waals surface area contributed by atoms with Gasteiger partial charge < -0.3 is 15.4 Å². The molecule has 0 saturated heterocycles. The molecule has 1 aromatic carbocycles. The lowest BCUT2D eigenvalue weighted by Gasteiger charge is -2.11. The zero-order valence-electron chi connectivity index (χ0n) is 13.4. The van der Waals surface area contributed by atoms with E-state index in [0.717, 1.165) is 0 Å². The Balaban J connectivity index is 1.77. The second kappa shape index (κ2) is 7.59. The number of amides is 2. The molecule has 0 saturated carbocycles. The fourth-order valence-electron chi connectivity index (χ4n) is 2.15. The first-order valence-corrected chi connectivity index (χ1v) is 8.35. The molecule has 0 bridgehead atoms. The average molecular weight is 353 g/mol. The Labute approximate surface area is 148 Å². The van der Waals surface area contributed by atoms with Gasteiger partial charge in [0, 0.05) is 11.4 Å². The summed E-state index contributed by atoms with van der Waals surface area (Å²) in [5.74, 6) is -0.137. The molecule has 0 aliphatic rings. The van der Waals surface area contributed by atoms with Crippen LogP contribution in [0.4, 0.5) is 11.4 Å². The molecule has 0 fully saturated rings. The molecule has 0 atom stereocenters. The summed E-state index contributed by atoms with van der Waals surface area (Å²) in [5.41, 5.74) is 1.89. The number of anilines is 2. The van der Waals surface area contributed by atoms with Gasteiger partial charge in [-0.25, -0.2) is 4.98 Å². The number of nitrogens with one attached hydrogen (secondary N) is 2. The summed E-state index contributed by atoms with van der Waals surface area (Å²) in [6, 6.07) is 11.9. The summed E-state index contributed by atoms with van der Waals surface area (Å²) in [6.07, 6.45) is 1.50. The quantitative estimate of drug-likeness (QED) is 0.734. The number of carbonyl (C=O) groups excluding carboxylic acids is 2. The number of thiophene rings is 1. The van der Waals surface area contributed by atoms with Crippen LogP contribution in [0.1, 0.15) is 20.7 Å². The topological polar surface area (TPSA) is 80.3 Å². The summed E-state index contributed by atoms with van der Waals surface area (Å²) in [5, 5.41) is 9.10. The van der Waals surface area contributed by atoms with Crippen LogP contribution in [0.2, 0.25) is 0 Å². The maximum atomic E-state index is 12.5. The van der Waals surface area contributed by atoms with Crippen molar-refractivity contribution in [3.63, 3.8) is 0 Å². The number of aromatic nitrogens is 1. The lowest BCUT2D eigenvalue weighted by atomic mass is 10.1. The number of rotatable bonds is 5. The summed E-state index contributed by atoms with van der Waals surface area (Å²) in [4.78, 5) is 28.8. The molecule has 25 heavy (non-hydrogen) atoms. The first-order valence-electron chi connectivity index (χ1n) is 7.41. The Morgan fingerprint density at radius 1 is 1.04 bits per heavy atom. The molecule has 2 amide bonds. The molecular weight excluding hydrogens is 338 g/mol. The first kappa shape index (κ1) is 16.7. The molecule has 0 unspecified atom stereocenters. The van der Waals surface area contributed by atoms with E-state index in [0.29, 0.717) is 28.4 Å². The predicted octanol–water partition coefficient (Wildman–Crippen LogP) is 3.66. The Hall–Kier alpha value is -3.19. The summed E-state index contributed by atoms with van der Waals surface area (Å²) < 4.78 is 4.99. The van der Waals surface area contributed by atoms with Crippen molar-refractivity contribution in [3.8, 4) is 5.88 Å². The average Bonchev–Trinajstić information content (AvgIpc) is 3.17. The molecule has 3 aromatic rings. The molecule has 2 N–H and O–H groups in total. The van der Waals surface area contributed by atoms with Crippen molar-refractivity contribution in [3.05, 3.63) is 70.5 Å². The van der Waals surface area contributed by atoms with Crippen LogP contribution in [0.15, 0.2) is 59.4 Å². The van der Waals surface area contributed by atoms with E-state index in [2.05, 4.69) is 15.6 Å². The van der Waals surface area contributed by atoms with Crippen molar-refractivity contribution in [2.24, 2.45) is 0 Å². The molecule has 2 aromatic heterocycles. The fraction of sp³-hybridized carbons (Fsp3) is 0.0556. The van der Waals surface area contributed by atoms with Gasteiger partial charge in [0.15, 0.2) is 0 Å². The summed E-state index contributed by atoms with van der Waals surface area (Å²) >= 11 is 1.44. The third-order valence-corrected chi connectivity index (χ3v) is 4.09. The largest absolute Gasteiger partial charge is 0.481 e. The highest BCUT2D eigenvalue weighted by atomic mass is 32.1. The lowest BCUT2D eigenvalue weighted by molar-refractivity contribution is 0.102. The van der Waals surface area contributed by atoms with Gasteiger partial charge in [0.1, 0.15) is 0 Å². The number of para-hydroxylation sites is 1. The Morgan fingerprint density at radius 3 is 2.56 bits per heavy atom. The molecule has 0 aliphatic carbocycles. The number of nitrogens with zero attached hydrogens (tertiary/aromatic N) is 1. The number of carbonyl (C=O) groups is 2. The van der Waals surface area contributed by atoms with E-state index in [1.165, 1.54) is 24.6 Å². The zero-order valence-corrected chi connectivity index (χ0v) is 14.2. The highest BCUT2D eigenvalue weighted by Crippen LogP contribution is 2.19. The Bertz CT molecular complexity index is 877. The van der Waals surface area contributed by atoms with Crippen LogP contribution in [0.5, 0.6) is 5.88 Å². The molecule has 2 heterocycles. The highest BCUT2D eigenvalue weighted by molar-refractivity contribution is 7.08. The second-order valence-corrected chi connectivity index (χ2v) is 5.84. The smallest absolute Gasteiger partial charge is 0.257 e. The number of hydrogen-bond acceptors (Lipinski definition) is 5. The van der Waals surface area contributed by atoms with Crippen molar-refractivity contribution in [2.45, 2.75) is 0 Å². The molecule has 126 valence electrons.